The van der Waals surface area contributed by atoms with Crippen molar-refractivity contribution < 1.29 is 8.78 Å². The van der Waals surface area contributed by atoms with Crippen molar-refractivity contribution in [2.75, 3.05) is 0 Å². The first-order chi connectivity index (χ1) is 9.22. The van der Waals surface area contributed by atoms with E-state index < -0.39 is 11.6 Å². The third kappa shape index (κ3) is 2.99. The summed E-state index contributed by atoms with van der Waals surface area (Å²) in [5.41, 5.74) is 2.17. The smallest absolute Gasteiger partial charge is 0.131 e. The molecular formula is C16H15F2N. The van der Waals surface area contributed by atoms with E-state index >= 15 is 0 Å². The van der Waals surface area contributed by atoms with Gasteiger partial charge in [0.2, 0.25) is 0 Å². The van der Waals surface area contributed by atoms with Gasteiger partial charge in [0, 0.05) is 18.2 Å². The largest absolute Gasteiger partial charge is 0.310 e. The van der Waals surface area contributed by atoms with E-state index in [-0.39, 0.29) is 0 Å². The van der Waals surface area contributed by atoms with Crippen LogP contribution in [-0.4, -0.2) is 6.04 Å². The summed E-state index contributed by atoms with van der Waals surface area (Å²) in [6.45, 7) is 0.830. The molecule has 2 aromatic rings. The minimum atomic E-state index is -0.420. The van der Waals surface area contributed by atoms with Crippen LogP contribution >= 0.6 is 0 Å². The predicted octanol–water partition coefficient (Wildman–Crippen LogP) is 3.88. The minimum Gasteiger partial charge on any atom is -0.310 e. The molecule has 1 nitrogen and oxygen atoms in total. The molecule has 0 amide bonds. The maximum Gasteiger partial charge on any atom is 0.131 e. The van der Waals surface area contributed by atoms with Gasteiger partial charge in [-0.15, -0.1) is 0 Å². The van der Waals surface area contributed by atoms with Crippen LogP contribution in [0.3, 0.4) is 0 Å². The molecule has 1 fully saturated rings. The van der Waals surface area contributed by atoms with E-state index in [0.717, 1.165) is 24.2 Å². The van der Waals surface area contributed by atoms with E-state index in [1.807, 2.05) is 24.3 Å². The molecule has 3 rings (SSSR count). The molecule has 2 aromatic carbocycles. The monoisotopic (exact) mass is 259 g/mol. The maximum absolute atomic E-state index is 13.6. The van der Waals surface area contributed by atoms with Crippen LogP contribution in [0.2, 0.25) is 0 Å². The topological polar surface area (TPSA) is 12.0 Å². The molecule has 0 bridgehead atoms. The quantitative estimate of drug-likeness (QED) is 0.878. The highest BCUT2D eigenvalue weighted by Crippen LogP contribution is 2.24. The second-order valence-electron chi connectivity index (χ2n) is 4.98. The molecule has 98 valence electrons. The molecule has 0 spiro atoms. The third-order valence-corrected chi connectivity index (χ3v) is 3.37. The van der Waals surface area contributed by atoms with Gasteiger partial charge in [0.15, 0.2) is 0 Å². The Kier molecular flexibility index (Phi) is 3.30. The van der Waals surface area contributed by atoms with Gasteiger partial charge >= 0.3 is 0 Å². The lowest BCUT2D eigenvalue weighted by atomic mass is 10.0. The predicted molar refractivity (Wildman–Crippen MR) is 71.7 cm³/mol. The van der Waals surface area contributed by atoms with Crippen LogP contribution in [0.15, 0.2) is 42.5 Å². The zero-order valence-electron chi connectivity index (χ0n) is 10.5. The Bertz CT molecular complexity index is 574. The number of nitrogens with one attached hydrogen (secondary N) is 1. The van der Waals surface area contributed by atoms with Crippen molar-refractivity contribution in [3.05, 3.63) is 59.7 Å². The second kappa shape index (κ2) is 5.10. The summed E-state index contributed by atoms with van der Waals surface area (Å²) in [5, 5.41) is 3.42. The molecular weight excluding hydrogens is 244 g/mol. The van der Waals surface area contributed by atoms with Crippen molar-refractivity contribution >= 4 is 0 Å². The Labute approximate surface area is 111 Å². The molecule has 19 heavy (non-hydrogen) atoms. The van der Waals surface area contributed by atoms with E-state index in [4.69, 9.17) is 0 Å². The first-order valence-electron chi connectivity index (χ1n) is 6.50. The van der Waals surface area contributed by atoms with Gasteiger partial charge in [-0.25, -0.2) is 8.78 Å². The van der Waals surface area contributed by atoms with Gasteiger partial charge in [0.25, 0.3) is 0 Å². The van der Waals surface area contributed by atoms with Crippen LogP contribution in [0.5, 0.6) is 0 Å². The first kappa shape index (κ1) is 12.3. The summed E-state index contributed by atoms with van der Waals surface area (Å²) in [5.74, 6) is -0.818. The van der Waals surface area contributed by atoms with E-state index in [0.29, 0.717) is 17.2 Å². The average molecular weight is 259 g/mol. The summed E-state index contributed by atoms with van der Waals surface area (Å²) < 4.78 is 26.8. The van der Waals surface area contributed by atoms with Crippen LogP contribution in [0.1, 0.15) is 18.4 Å². The molecule has 0 atom stereocenters. The van der Waals surface area contributed by atoms with Crippen LogP contribution in [0.25, 0.3) is 11.1 Å². The minimum absolute atomic E-state index is 0.307. The normalized spacial score (nSPS) is 14.6. The summed E-state index contributed by atoms with van der Waals surface area (Å²) >= 11 is 0. The molecule has 1 N–H and O–H groups in total. The van der Waals surface area contributed by atoms with Crippen LogP contribution in [-0.2, 0) is 6.54 Å². The highest BCUT2D eigenvalue weighted by molar-refractivity contribution is 5.64. The van der Waals surface area contributed by atoms with E-state index in [1.165, 1.54) is 18.9 Å². The number of hydrogen-bond donors (Lipinski definition) is 1. The molecule has 1 saturated carbocycles. The second-order valence-corrected chi connectivity index (χ2v) is 4.98. The molecule has 0 radical (unpaired) electrons. The molecule has 0 aliphatic heterocycles. The zero-order valence-corrected chi connectivity index (χ0v) is 10.5. The van der Waals surface area contributed by atoms with E-state index in [9.17, 15) is 8.78 Å². The molecule has 0 unspecified atom stereocenters. The molecule has 1 aliphatic carbocycles. The van der Waals surface area contributed by atoms with Gasteiger partial charge in [0.05, 0.1) is 0 Å². The lowest BCUT2D eigenvalue weighted by Crippen LogP contribution is -2.15. The highest BCUT2D eigenvalue weighted by Gasteiger charge is 2.19. The molecule has 1 aliphatic rings. The van der Waals surface area contributed by atoms with Crippen molar-refractivity contribution in [1.82, 2.24) is 5.32 Å². The third-order valence-electron chi connectivity index (χ3n) is 3.37. The zero-order chi connectivity index (χ0) is 13.2. The summed E-state index contributed by atoms with van der Waals surface area (Å²) in [7, 11) is 0. The molecule has 0 aromatic heterocycles. The number of rotatable bonds is 4. The van der Waals surface area contributed by atoms with E-state index in [2.05, 4.69) is 5.32 Å². The fraction of sp³-hybridized carbons (Fsp3) is 0.250. The number of benzene rings is 2. The number of halogens is 2. The highest BCUT2D eigenvalue weighted by atomic mass is 19.1. The van der Waals surface area contributed by atoms with Crippen molar-refractivity contribution in [2.24, 2.45) is 0 Å². The van der Waals surface area contributed by atoms with Gasteiger partial charge < -0.3 is 5.32 Å². The van der Waals surface area contributed by atoms with Crippen LogP contribution in [0.4, 0.5) is 8.78 Å². The lowest BCUT2D eigenvalue weighted by Gasteiger charge is -2.06. The van der Waals surface area contributed by atoms with Gasteiger partial charge in [-0.2, -0.15) is 0 Å². The van der Waals surface area contributed by atoms with Gasteiger partial charge in [-0.1, -0.05) is 24.3 Å². The maximum atomic E-state index is 13.6. The van der Waals surface area contributed by atoms with Crippen molar-refractivity contribution in [2.45, 2.75) is 25.4 Å². The Morgan fingerprint density at radius 2 is 1.74 bits per heavy atom. The average Bonchev–Trinajstić information content (AvgIpc) is 3.24. The van der Waals surface area contributed by atoms with Crippen molar-refractivity contribution in [3.8, 4) is 11.1 Å². The van der Waals surface area contributed by atoms with Crippen molar-refractivity contribution in [3.63, 3.8) is 0 Å². The fourth-order valence-corrected chi connectivity index (χ4v) is 2.07. The SMILES string of the molecule is Fc1ccc(F)c(-c2ccc(CNC3CC3)cc2)c1. The summed E-state index contributed by atoms with van der Waals surface area (Å²) in [4.78, 5) is 0. The fourth-order valence-electron chi connectivity index (χ4n) is 2.07. The summed E-state index contributed by atoms with van der Waals surface area (Å²) in [6, 6.07) is 11.8. The number of hydrogen-bond acceptors (Lipinski definition) is 1. The first-order valence-corrected chi connectivity index (χ1v) is 6.50. The summed E-state index contributed by atoms with van der Waals surface area (Å²) in [6.07, 6.45) is 2.51. The molecule has 0 heterocycles. The lowest BCUT2D eigenvalue weighted by molar-refractivity contribution is 0.603. The molecule has 3 heteroatoms. The van der Waals surface area contributed by atoms with Gasteiger partial charge in [-0.3, -0.25) is 0 Å². The Morgan fingerprint density at radius 1 is 1.00 bits per heavy atom. The standard InChI is InChI=1S/C16H15F2N/c17-13-5-8-16(18)15(9-13)12-3-1-11(2-4-12)10-19-14-6-7-14/h1-5,8-9,14,19H,6-7,10H2. The van der Waals surface area contributed by atoms with Crippen LogP contribution in [0, 0.1) is 11.6 Å². The van der Waals surface area contributed by atoms with Crippen LogP contribution < -0.4 is 5.32 Å². The van der Waals surface area contributed by atoms with Crippen molar-refractivity contribution in [1.29, 1.82) is 0 Å². The van der Waals surface area contributed by atoms with Gasteiger partial charge in [0.1, 0.15) is 11.6 Å². The Morgan fingerprint density at radius 3 is 2.42 bits per heavy atom. The molecule has 0 saturated heterocycles. The Hall–Kier alpha value is -1.74. The van der Waals surface area contributed by atoms with Gasteiger partial charge in [-0.05, 0) is 42.2 Å². The van der Waals surface area contributed by atoms with E-state index in [1.54, 1.807) is 0 Å². The Balaban J connectivity index is 1.78.